The minimum atomic E-state index is -0.520. The Morgan fingerprint density at radius 2 is 2.03 bits per heavy atom. The Labute approximate surface area is 187 Å². The van der Waals surface area contributed by atoms with Crippen molar-refractivity contribution in [2.24, 2.45) is 0 Å². The molecule has 2 aromatic rings. The first kappa shape index (κ1) is 22.4. The second-order valence-electron chi connectivity index (χ2n) is 7.26. The zero-order valence-corrected chi connectivity index (χ0v) is 18.9. The maximum Gasteiger partial charge on any atom is 0.369 e. The highest BCUT2D eigenvalue weighted by atomic mass is 32.2. The average molecular weight is 446 g/mol. The monoisotopic (exact) mass is 445 g/mol. The molecule has 0 aliphatic carbocycles. The topological polar surface area (TPSA) is 56.8 Å². The number of nitrogens with one attached hydrogen (secondary N) is 1. The van der Waals surface area contributed by atoms with Crippen LogP contribution in [0, 0.1) is 6.92 Å². The van der Waals surface area contributed by atoms with Crippen LogP contribution in [0.15, 0.2) is 42.5 Å². The normalized spacial score (nSPS) is 15.5. The fourth-order valence-corrected chi connectivity index (χ4v) is 4.81. The summed E-state index contributed by atoms with van der Waals surface area (Å²) in [5, 5.41) is 0.623. The van der Waals surface area contributed by atoms with Crippen molar-refractivity contribution in [1.82, 2.24) is 5.48 Å². The molecule has 5 nitrogen and oxygen atoms in total. The summed E-state index contributed by atoms with van der Waals surface area (Å²) in [5.74, 6) is 2.23. The molecule has 1 atom stereocenters. The molecule has 0 aromatic heterocycles. The van der Waals surface area contributed by atoms with Gasteiger partial charge in [-0.1, -0.05) is 42.0 Å². The van der Waals surface area contributed by atoms with Crippen LogP contribution < -0.4 is 15.0 Å². The van der Waals surface area contributed by atoms with Crippen LogP contribution in [-0.4, -0.2) is 35.7 Å². The summed E-state index contributed by atoms with van der Waals surface area (Å²) < 4.78 is 10.9. The Kier molecular flexibility index (Phi) is 8.39. The van der Waals surface area contributed by atoms with Crippen molar-refractivity contribution in [2.45, 2.75) is 37.9 Å². The smallest absolute Gasteiger partial charge is 0.369 e. The number of rotatable bonds is 8. The number of carbonyl (C=O) groups excluding carboxylic acids is 1. The van der Waals surface area contributed by atoms with Crippen molar-refractivity contribution in [3.63, 3.8) is 0 Å². The predicted molar refractivity (Wildman–Crippen MR) is 124 cm³/mol. The number of thiocarbonyl (C=S) groups is 1. The molecule has 1 fully saturated rings. The molecule has 1 heterocycles. The molecular formula is C23H27NO4S2. The van der Waals surface area contributed by atoms with Crippen molar-refractivity contribution in [1.29, 1.82) is 0 Å². The van der Waals surface area contributed by atoms with Crippen molar-refractivity contribution in [2.75, 3.05) is 19.5 Å². The molecule has 1 saturated heterocycles. The van der Waals surface area contributed by atoms with Crippen LogP contribution in [0.5, 0.6) is 11.5 Å². The Morgan fingerprint density at radius 3 is 2.73 bits per heavy atom. The molecule has 160 valence electrons. The van der Waals surface area contributed by atoms with Gasteiger partial charge in [-0.25, -0.2) is 10.3 Å². The van der Waals surface area contributed by atoms with Crippen molar-refractivity contribution in [3.05, 3.63) is 59.2 Å². The third-order valence-electron chi connectivity index (χ3n) is 4.84. The summed E-state index contributed by atoms with van der Waals surface area (Å²) in [4.78, 5) is 17.6. The van der Waals surface area contributed by atoms with Crippen molar-refractivity contribution < 1.29 is 19.1 Å². The van der Waals surface area contributed by atoms with E-state index >= 15 is 0 Å². The molecule has 0 radical (unpaired) electrons. The number of hydrogen-bond acceptors (Lipinski definition) is 6. The molecule has 2 aromatic carbocycles. The van der Waals surface area contributed by atoms with Gasteiger partial charge in [0.2, 0.25) is 0 Å². The number of benzene rings is 2. The molecule has 0 amide bonds. The van der Waals surface area contributed by atoms with Gasteiger partial charge in [0, 0.05) is 11.7 Å². The van der Waals surface area contributed by atoms with Gasteiger partial charge in [-0.2, -0.15) is 11.8 Å². The van der Waals surface area contributed by atoms with Crippen LogP contribution in [0.3, 0.4) is 0 Å². The van der Waals surface area contributed by atoms with Crippen molar-refractivity contribution >= 4 is 34.9 Å². The highest BCUT2D eigenvalue weighted by molar-refractivity contribution is 8.00. The molecule has 0 spiro atoms. The number of hydroxylamine groups is 1. The van der Waals surface area contributed by atoms with E-state index in [0.29, 0.717) is 16.7 Å². The molecule has 7 heteroatoms. The Morgan fingerprint density at radius 1 is 1.23 bits per heavy atom. The zero-order valence-electron chi connectivity index (χ0n) is 17.3. The van der Waals surface area contributed by atoms with Crippen LogP contribution >= 0.6 is 24.0 Å². The van der Waals surface area contributed by atoms with Crippen molar-refractivity contribution in [3.8, 4) is 11.5 Å². The van der Waals surface area contributed by atoms with Crippen LogP contribution in [0.25, 0.3) is 0 Å². The summed E-state index contributed by atoms with van der Waals surface area (Å²) in [6, 6.07) is 13.6. The van der Waals surface area contributed by atoms with Crippen LogP contribution in [-0.2, 0) is 22.5 Å². The van der Waals surface area contributed by atoms with E-state index in [9.17, 15) is 4.79 Å². The van der Waals surface area contributed by atoms with Crippen LogP contribution in [0.1, 0.15) is 29.5 Å². The minimum absolute atomic E-state index is 0.175. The summed E-state index contributed by atoms with van der Waals surface area (Å²) >= 11 is 7.26. The maximum absolute atomic E-state index is 12.1. The predicted octanol–water partition coefficient (Wildman–Crippen LogP) is 4.44. The van der Waals surface area contributed by atoms with Gasteiger partial charge in [0.15, 0.2) is 6.61 Å². The number of methoxy groups -OCH3 is 1. The average Bonchev–Trinajstić information content (AvgIpc) is 3.25. The number of ether oxygens (including phenoxy) is 2. The number of hydrogen-bond donors (Lipinski definition) is 1. The fourth-order valence-electron chi connectivity index (χ4n) is 3.30. The van der Waals surface area contributed by atoms with Gasteiger partial charge in [-0.3, -0.25) is 0 Å². The van der Waals surface area contributed by atoms with Gasteiger partial charge >= 0.3 is 5.97 Å². The van der Waals surface area contributed by atoms with E-state index in [-0.39, 0.29) is 6.61 Å². The molecule has 3 rings (SSSR count). The molecule has 30 heavy (non-hydrogen) atoms. The van der Waals surface area contributed by atoms with Gasteiger partial charge in [0.05, 0.1) is 7.11 Å². The Bertz CT molecular complexity index is 864. The molecule has 1 unspecified atom stereocenters. The first-order valence-electron chi connectivity index (χ1n) is 9.99. The first-order chi connectivity index (χ1) is 14.5. The minimum Gasteiger partial charge on any atom is -0.497 e. The van der Waals surface area contributed by atoms with E-state index in [2.05, 4.69) is 18.5 Å². The van der Waals surface area contributed by atoms with E-state index in [1.54, 1.807) is 7.11 Å². The Hall–Kier alpha value is -2.25. The number of carbonyl (C=O) groups is 1. The number of aryl methyl sites for hydroxylation is 1. The second kappa shape index (κ2) is 11.2. The van der Waals surface area contributed by atoms with E-state index in [1.807, 2.05) is 48.2 Å². The molecule has 1 aliphatic rings. The summed E-state index contributed by atoms with van der Waals surface area (Å²) in [6.07, 6.45) is 3.93. The highest BCUT2D eigenvalue weighted by Gasteiger charge is 2.18. The van der Waals surface area contributed by atoms with Gasteiger partial charge < -0.3 is 14.3 Å². The SMILES string of the molecule is COc1ccc(CC(=S)NOC(=O)COc2ccc(C)cc2CC2CCCS2)cc1. The molecule has 0 bridgehead atoms. The largest absolute Gasteiger partial charge is 0.497 e. The quantitative estimate of drug-likeness (QED) is 0.476. The van der Waals surface area contributed by atoms with E-state index in [4.69, 9.17) is 26.5 Å². The van der Waals surface area contributed by atoms with Gasteiger partial charge in [0.25, 0.3) is 0 Å². The van der Waals surface area contributed by atoms with Crippen LogP contribution in [0.2, 0.25) is 0 Å². The standard InChI is InChI=1S/C23H27NO4S2/c1-16-5-10-21(18(12-16)14-20-4-3-11-30-20)27-15-23(25)28-24-22(29)13-17-6-8-19(26-2)9-7-17/h5-10,12,20H,3-4,11,13-15H2,1-2H3,(H,24,29). The lowest BCUT2D eigenvalue weighted by atomic mass is 10.0. The first-order valence-corrected chi connectivity index (χ1v) is 11.4. The van der Waals surface area contributed by atoms with Crippen LogP contribution in [0.4, 0.5) is 0 Å². The third-order valence-corrected chi connectivity index (χ3v) is 6.46. The van der Waals surface area contributed by atoms with E-state index < -0.39 is 5.97 Å². The lowest BCUT2D eigenvalue weighted by molar-refractivity contribution is -0.150. The van der Waals surface area contributed by atoms with Gasteiger partial charge in [-0.15, -0.1) is 0 Å². The zero-order chi connectivity index (χ0) is 21.3. The van der Waals surface area contributed by atoms with Gasteiger partial charge in [-0.05, 0) is 61.3 Å². The highest BCUT2D eigenvalue weighted by Crippen LogP contribution is 2.32. The lowest BCUT2D eigenvalue weighted by Gasteiger charge is -2.15. The molecule has 1 N–H and O–H groups in total. The van der Waals surface area contributed by atoms with Gasteiger partial charge in [0.1, 0.15) is 16.5 Å². The van der Waals surface area contributed by atoms with E-state index in [0.717, 1.165) is 29.0 Å². The third kappa shape index (κ3) is 6.92. The molecule has 0 saturated carbocycles. The molecular weight excluding hydrogens is 418 g/mol. The Balaban J connectivity index is 1.45. The lowest BCUT2D eigenvalue weighted by Crippen LogP contribution is -2.29. The summed E-state index contributed by atoms with van der Waals surface area (Å²) in [5.41, 5.74) is 5.87. The fraction of sp³-hybridized carbons (Fsp3) is 0.391. The molecule has 1 aliphatic heterocycles. The summed E-state index contributed by atoms with van der Waals surface area (Å²) in [6.45, 7) is 1.89. The van der Waals surface area contributed by atoms with E-state index in [1.165, 1.54) is 24.2 Å². The maximum atomic E-state index is 12.1. The summed E-state index contributed by atoms with van der Waals surface area (Å²) in [7, 11) is 1.62. The second-order valence-corrected chi connectivity index (χ2v) is 9.16. The number of thioether (sulfide) groups is 1.